The van der Waals surface area contributed by atoms with Crippen molar-refractivity contribution in [1.82, 2.24) is 0 Å². The molecule has 7 nitrogen and oxygen atoms in total. The van der Waals surface area contributed by atoms with Crippen molar-refractivity contribution in [3.05, 3.63) is 53.6 Å². The summed E-state index contributed by atoms with van der Waals surface area (Å²) in [5, 5.41) is 19.0. The lowest BCUT2D eigenvalue weighted by atomic mass is 9.78. The highest BCUT2D eigenvalue weighted by Gasteiger charge is 2.23. The molecule has 2 aromatic carbocycles. The second-order valence-electron chi connectivity index (χ2n) is 6.05. The number of anilines is 1. The van der Waals surface area contributed by atoms with Crippen LogP contribution in [0.15, 0.2) is 47.4 Å². The molecule has 138 valence electrons. The van der Waals surface area contributed by atoms with Crippen LogP contribution in [0, 0.1) is 6.92 Å². The quantitative estimate of drug-likeness (QED) is 0.512. The summed E-state index contributed by atoms with van der Waals surface area (Å²) in [6.45, 7) is 5.20. The van der Waals surface area contributed by atoms with Gasteiger partial charge in [-0.25, -0.2) is 13.2 Å². The molecule has 0 aromatic heterocycles. The smallest absolute Gasteiger partial charge is 0.459 e. The number of hydrogen-bond donors (Lipinski definition) is 3. The Morgan fingerprint density at radius 3 is 2.27 bits per heavy atom. The highest BCUT2D eigenvalue weighted by Crippen LogP contribution is 2.18. The molecule has 0 amide bonds. The van der Waals surface area contributed by atoms with Gasteiger partial charge < -0.3 is 14.8 Å². The third-order valence-electron chi connectivity index (χ3n) is 3.49. The molecule has 3 N–H and O–H groups in total. The molecule has 26 heavy (non-hydrogen) atoms. The Balaban J connectivity index is 2.42. The van der Waals surface area contributed by atoms with Crippen LogP contribution in [0.2, 0.25) is 0 Å². The molecule has 0 unspecified atom stereocenters. The Kier molecular flexibility index (Phi) is 6.07. The summed E-state index contributed by atoms with van der Waals surface area (Å²) in [5.74, 6) is -0.644. The molecular weight excluding hydrogens is 357 g/mol. The number of carbonyl (C=O) groups excluding carboxylic acids is 1. The van der Waals surface area contributed by atoms with Crippen LogP contribution in [0.25, 0.3) is 0 Å². The van der Waals surface area contributed by atoms with E-state index in [0.717, 1.165) is 5.56 Å². The molecule has 0 aliphatic heterocycles. The Morgan fingerprint density at radius 2 is 1.73 bits per heavy atom. The number of nitrogens with one attached hydrogen (secondary N) is 1. The van der Waals surface area contributed by atoms with E-state index >= 15 is 0 Å². The summed E-state index contributed by atoms with van der Waals surface area (Å²) >= 11 is 0. The van der Waals surface area contributed by atoms with Gasteiger partial charge in [-0.1, -0.05) is 23.8 Å². The fourth-order valence-corrected chi connectivity index (χ4v) is 3.28. The van der Waals surface area contributed by atoms with Crippen molar-refractivity contribution in [2.45, 2.75) is 31.8 Å². The second kappa shape index (κ2) is 7.90. The topological polar surface area (TPSA) is 113 Å². The molecule has 0 bridgehead atoms. The molecule has 2 aromatic rings. The molecule has 0 spiro atoms. The zero-order valence-corrected chi connectivity index (χ0v) is 15.4. The van der Waals surface area contributed by atoms with Crippen LogP contribution in [0.4, 0.5) is 5.69 Å². The number of benzene rings is 2. The first kappa shape index (κ1) is 20.0. The van der Waals surface area contributed by atoms with Gasteiger partial charge in [0.25, 0.3) is 10.0 Å². The number of sulfonamides is 1. The van der Waals surface area contributed by atoms with Gasteiger partial charge >= 0.3 is 13.1 Å². The van der Waals surface area contributed by atoms with E-state index in [0.29, 0.717) is 0 Å². The molecule has 0 aliphatic rings. The van der Waals surface area contributed by atoms with E-state index in [1.807, 2.05) is 6.92 Å². The summed E-state index contributed by atoms with van der Waals surface area (Å²) < 4.78 is 32.5. The van der Waals surface area contributed by atoms with Gasteiger partial charge in [-0.3, -0.25) is 4.72 Å². The summed E-state index contributed by atoms with van der Waals surface area (Å²) in [7, 11) is -5.89. The third kappa shape index (κ3) is 4.84. The molecule has 0 saturated carbocycles. The zero-order valence-electron chi connectivity index (χ0n) is 14.6. The molecule has 0 aliphatic carbocycles. The lowest BCUT2D eigenvalue weighted by molar-refractivity contribution is 0.0378. The maximum atomic E-state index is 12.6. The van der Waals surface area contributed by atoms with E-state index in [2.05, 4.69) is 4.72 Å². The van der Waals surface area contributed by atoms with Gasteiger partial charge in [0.2, 0.25) is 0 Å². The van der Waals surface area contributed by atoms with E-state index in [9.17, 15) is 23.3 Å². The SMILES string of the molecule is Cc1ccc(S(=O)(=O)Nc2cc(C(=O)OC(C)C)ccc2B(O)O)cc1. The van der Waals surface area contributed by atoms with Gasteiger partial charge in [0.05, 0.1) is 16.6 Å². The lowest BCUT2D eigenvalue weighted by Crippen LogP contribution is -2.34. The Hall–Kier alpha value is -2.36. The highest BCUT2D eigenvalue weighted by molar-refractivity contribution is 7.92. The third-order valence-corrected chi connectivity index (χ3v) is 4.87. The molecule has 0 radical (unpaired) electrons. The Morgan fingerprint density at radius 1 is 1.12 bits per heavy atom. The minimum Gasteiger partial charge on any atom is -0.459 e. The van der Waals surface area contributed by atoms with Gasteiger partial charge in [-0.05, 0) is 45.0 Å². The fraction of sp³-hybridized carbons (Fsp3) is 0.235. The first-order chi connectivity index (χ1) is 12.1. The van der Waals surface area contributed by atoms with Gasteiger partial charge in [0.15, 0.2) is 0 Å². The number of esters is 1. The lowest BCUT2D eigenvalue weighted by Gasteiger charge is -2.15. The van der Waals surface area contributed by atoms with Gasteiger partial charge in [-0.2, -0.15) is 0 Å². The van der Waals surface area contributed by atoms with E-state index in [1.54, 1.807) is 26.0 Å². The summed E-state index contributed by atoms with van der Waals surface area (Å²) in [5.41, 5.74) is 0.791. The van der Waals surface area contributed by atoms with Gasteiger partial charge in [-0.15, -0.1) is 0 Å². The molecule has 2 rings (SSSR count). The number of hydrogen-bond acceptors (Lipinski definition) is 6. The molecule has 0 heterocycles. The van der Waals surface area contributed by atoms with Crippen LogP contribution in [-0.4, -0.2) is 37.7 Å². The van der Waals surface area contributed by atoms with Crippen molar-refractivity contribution >= 4 is 34.3 Å². The number of carbonyl (C=O) groups is 1. The first-order valence-electron chi connectivity index (χ1n) is 7.90. The van der Waals surface area contributed by atoms with Crippen LogP contribution >= 0.6 is 0 Å². The van der Waals surface area contributed by atoms with E-state index in [4.69, 9.17) is 4.74 Å². The van der Waals surface area contributed by atoms with Crippen LogP contribution < -0.4 is 10.2 Å². The normalized spacial score (nSPS) is 11.3. The van der Waals surface area contributed by atoms with Crippen LogP contribution in [0.3, 0.4) is 0 Å². The van der Waals surface area contributed by atoms with Crippen LogP contribution in [0.5, 0.6) is 0 Å². The van der Waals surface area contributed by atoms with E-state index in [1.165, 1.54) is 30.3 Å². The van der Waals surface area contributed by atoms with Crippen molar-refractivity contribution in [3.63, 3.8) is 0 Å². The predicted octanol–water partition coefficient (Wildman–Crippen LogP) is 1.04. The minimum atomic E-state index is -3.98. The average Bonchev–Trinajstić information content (AvgIpc) is 2.53. The van der Waals surface area contributed by atoms with Crippen LogP contribution in [-0.2, 0) is 14.8 Å². The average molecular weight is 377 g/mol. The monoisotopic (exact) mass is 377 g/mol. The number of ether oxygens (including phenoxy) is 1. The largest absolute Gasteiger partial charge is 0.490 e. The molecule has 0 saturated heterocycles. The standard InChI is InChI=1S/C17H20BNO6S/c1-11(2)25-17(20)13-6-9-15(18(21)22)16(10-13)19-26(23,24)14-7-4-12(3)5-8-14/h4-11,19,21-22H,1-3H3. The molecule has 0 atom stereocenters. The minimum absolute atomic E-state index is 0.0108. The van der Waals surface area contributed by atoms with E-state index in [-0.39, 0.29) is 27.7 Å². The van der Waals surface area contributed by atoms with Crippen molar-refractivity contribution in [2.75, 3.05) is 4.72 Å². The van der Waals surface area contributed by atoms with Crippen LogP contribution in [0.1, 0.15) is 29.8 Å². The summed E-state index contributed by atoms with van der Waals surface area (Å²) in [6.07, 6.45) is -0.349. The second-order valence-corrected chi connectivity index (χ2v) is 7.73. The Bertz CT molecular complexity index is 894. The number of aryl methyl sites for hydroxylation is 1. The molecule has 0 fully saturated rings. The first-order valence-corrected chi connectivity index (χ1v) is 9.39. The van der Waals surface area contributed by atoms with Crippen molar-refractivity contribution in [3.8, 4) is 0 Å². The summed E-state index contributed by atoms with van der Waals surface area (Å²) in [6, 6.07) is 9.97. The van der Waals surface area contributed by atoms with Crippen molar-refractivity contribution in [1.29, 1.82) is 0 Å². The Labute approximate surface area is 152 Å². The molecular formula is C17H20BNO6S. The number of rotatable bonds is 6. The zero-order chi connectivity index (χ0) is 19.5. The summed E-state index contributed by atoms with van der Waals surface area (Å²) in [4.78, 5) is 12.0. The predicted molar refractivity (Wildman–Crippen MR) is 98.8 cm³/mol. The van der Waals surface area contributed by atoms with Crippen molar-refractivity contribution in [2.24, 2.45) is 0 Å². The van der Waals surface area contributed by atoms with Gasteiger partial charge in [0.1, 0.15) is 0 Å². The molecule has 9 heteroatoms. The highest BCUT2D eigenvalue weighted by atomic mass is 32.2. The fourth-order valence-electron chi connectivity index (χ4n) is 2.20. The maximum absolute atomic E-state index is 12.6. The van der Waals surface area contributed by atoms with Gasteiger partial charge in [0, 0.05) is 11.2 Å². The van der Waals surface area contributed by atoms with E-state index < -0.39 is 23.1 Å². The van der Waals surface area contributed by atoms with Crippen molar-refractivity contribution < 1.29 is 28.0 Å². The maximum Gasteiger partial charge on any atom is 0.490 e.